The van der Waals surface area contributed by atoms with Crippen LogP contribution in [-0.2, 0) is 6.42 Å². The molecule has 1 aliphatic carbocycles. The minimum Gasteiger partial charge on any atom is -0.310 e. The molecule has 0 aliphatic heterocycles. The maximum absolute atomic E-state index is 3.72. The summed E-state index contributed by atoms with van der Waals surface area (Å²) in [5.74, 6) is 0.656. The van der Waals surface area contributed by atoms with Gasteiger partial charge in [-0.15, -0.1) is 22.7 Å². The van der Waals surface area contributed by atoms with Crippen molar-refractivity contribution >= 4 is 22.7 Å². The van der Waals surface area contributed by atoms with Gasteiger partial charge in [-0.3, -0.25) is 0 Å². The van der Waals surface area contributed by atoms with E-state index in [0.29, 0.717) is 12.0 Å². The first-order valence-corrected chi connectivity index (χ1v) is 8.90. The van der Waals surface area contributed by atoms with E-state index >= 15 is 0 Å². The molecule has 19 heavy (non-hydrogen) atoms. The molecule has 3 heteroatoms. The fourth-order valence-electron chi connectivity index (χ4n) is 3.21. The van der Waals surface area contributed by atoms with E-state index in [-0.39, 0.29) is 0 Å². The monoisotopic (exact) mass is 291 g/mol. The first-order chi connectivity index (χ1) is 9.29. The van der Waals surface area contributed by atoms with Crippen LogP contribution >= 0.6 is 22.7 Å². The topological polar surface area (TPSA) is 12.0 Å². The molecule has 0 amide bonds. The first-order valence-electron chi connectivity index (χ1n) is 7.14. The predicted molar refractivity (Wildman–Crippen MR) is 85.5 cm³/mol. The fraction of sp³-hybridized carbons (Fsp3) is 0.500. The molecule has 1 N–H and O–H groups in total. The Bertz CT molecular complexity index is 540. The predicted octanol–water partition coefficient (Wildman–Crippen LogP) is 4.89. The minimum absolute atomic E-state index is 0.489. The van der Waals surface area contributed by atoms with Gasteiger partial charge in [0, 0.05) is 21.7 Å². The van der Waals surface area contributed by atoms with Gasteiger partial charge in [-0.05, 0) is 66.8 Å². The van der Waals surface area contributed by atoms with Gasteiger partial charge in [-0.2, -0.15) is 0 Å². The van der Waals surface area contributed by atoms with Crippen LogP contribution in [0.3, 0.4) is 0 Å². The Morgan fingerprint density at radius 3 is 3.05 bits per heavy atom. The molecular weight excluding hydrogens is 270 g/mol. The van der Waals surface area contributed by atoms with Gasteiger partial charge in [-0.25, -0.2) is 0 Å². The number of thiophene rings is 2. The Morgan fingerprint density at radius 2 is 2.32 bits per heavy atom. The van der Waals surface area contributed by atoms with Crippen molar-refractivity contribution < 1.29 is 0 Å². The molecule has 1 aliphatic rings. The molecule has 0 fully saturated rings. The number of aryl methyl sites for hydroxylation is 2. The highest BCUT2D eigenvalue weighted by Gasteiger charge is 2.29. The number of rotatable bonds is 4. The second-order valence-corrected chi connectivity index (χ2v) is 7.44. The highest BCUT2D eigenvalue weighted by atomic mass is 32.1. The number of likely N-dealkylation sites (N-methyl/N-ethyl adjacent to an activating group) is 1. The normalized spacial score (nSPS) is 20.2. The molecule has 0 bridgehead atoms. The Kier molecular flexibility index (Phi) is 4.06. The van der Waals surface area contributed by atoms with Crippen LogP contribution in [0.5, 0.6) is 0 Å². The molecule has 2 atom stereocenters. The van der Waals surface area contributed by atoms with E-state index in [4.69, 9.17) is 0 Å². The SMILES string of the molecule is CCNC(c1csc(C)c1)C1CCCc2sccc21. The third kappa shape index (κ3) is 2.64. The summed E-state index contributed by atoms with van der Waals surface area (Å²) in [5, 5.41) is 8.33. The summed E-state index contributed by atoms with van der Waals surface area (Å²) in [6, 6.07) is 5.20. The van der Waals surface area contributed by atoms with E-state index in [2.05, 4.69) is 42.1 Å². The van der Waals surface area contributed by atoms with Crippen molar-refractivity contribution in [2.45, 2.75) is 45.1 Å². The summed E-state index contributed by atoms with van der Waals surface area (Å²) in [7, 11) is 0. The van der Waals surface area contributed by atoms with Crippen molar-refractivity contribution in [1.82, 2.24) is 5.32 Å². The molecule has 0 spiro atoms. The summed E-state index contributed by atoms with van der Waals surface area (Å²) in [4.78, 5) is 3.03. The Morgan fingerprint density at radius 1 is 1.42 bits per heavy atom. The summed E-state index contributed by atoms with van der Waals surface area (Å²) in [5.41, 5.74) is 3.08. The van der Waals surface area contributed by atoms with Crippen LogP contribution in [0.1, 0.15) is 52.6 Å². The summed E-state index contributed by atoms with van der Waals surface area (Å²) in [6.45, 7) is 5.45. The van der Waals surface area contributed by atoms with Crippen LogP contribution in [0, 0.1) is 6.92 Å². The lowest BCUT2D eigenvalue weighted by atomic mass is 9.80. The van der Waals surface area contributed by atoms with Gasteiger partial charge in [0.1, 0.15) is 0 Å². The van der Waals surface area contributed by atoms with Gasteiger partial charge in [0.05, 0.1) is 0 Å². The maximum Gasteiger partial charge on any atom is 0.0398 e. The van der Waals surface area contributed by atoms with Crippen molar-refractivity contribution in [3.8, 4) is 0 Å². The maximum atomic E-state index is 3.72. The van der Waals surface area contributed by atoms with Crippen LogP contribution in [0.2, 0.25) is 0 Å². The first kappa shape index (κ1) is 13.3. The number of hydrogen-bond acceptors (Lipinski definition) is 3. The quantitative estimate of drug-likeness (QED) is 0.846. The molecular formula is C16H21NS2. The highest BCUT2D eigenvalue weighted by molar-refractivity contribution is 7.10. The summed E-state index contributed by atoms with van der Waals surface area (Å²) >= 11 is 3.81. The van der Waals surface area contributed by atoms with E-state index < -0.39 is 0 Å². The fourth-order valence-corrected chi connectivity index (χ4v) is 4.94. The van der Waals surface area contributed by atoms with Gasteiger partial charge in [0.25, 0.3) is 0 Å². The van der Waals surface area contributed by atoms with Gasteiger partial charge in [-0.1, -0.05) is 6.92 Å². The third-order valence-electron chi connectivity index (χ3n) is 4.03. The zero-order valence-corrected chi connectivity index (χ0v) is 13.2. The average Bonchev–Trinajstić information content (AvgIpc) is 3.04. The molecule has 0 radical (unpaired) electrons. The molecule has 3 rings (SSSR count). The number of nitrogens with one attached hydrogen (secondary N) is 1. The molecule has 2 aromatic heterocycles. The van der Waals surface area contributed by atoms with Crippen LogP contribution in [0.25, 0.3) is 0 Å². The molecule has 0 aromatic carbocycles. The van der Waals surface area contributed by atoms with E-state index in [1.807, 2.05) is 22.7 Å². The standard InChI is InChI=1S/C16H21NS2/c1-3-17-16(12-9-11(2)19-10-12)14-5-4-6-15-13(14)7-8-18-15/h7-10,14,16-17H,3-6H2,1-2H3. The minimum atomic E-state index is 0.489. The van der Waals surface area contributed by atoms with Crippen molar-refractivity contribution in [2.24, 2.45) is 0 Å². The van der Waals surface area contributed by atoms with Crippen molar-refractivity contribution in [1.29, 1.82) is 0 Å². The molecule has 2 unspecified atom stereocenters. The van der Waals surface area contributed by atoms with E-state index in [0.717, 1.165) is 6.54 Å². The Labute approximate surface area is 123 Å². The van der Waals surface area contributed by atoms with E-state index in [9.17, 15) is 0 Å². The van der Waals surface area contributed by atoms with Crippen LogP contribution in [0.15, 0.2) is 22.9 Å². The number of fused-ring (bicyclic) bond motifs is 1. The smallest absolute Gasteiger partial charge is 0.0398 e. The van der Waals surface area contributed by atoms with E-state index in [1.54, 1.807) is 10.4 Å². The van der Waals surface area contributed by atoms with Crippen LogP contribution in [-0.4, -0.2) is 6.54 Å². The summed E-state index contributed by atoms with van der Waals surface area (Å²) in [6.07, 6.45) is 3.94. The largest absolute Gasteiger partial charge is 0.310 e. The average molecular weight is 291 g/mol. The van der Waals surface area contributed by atoms with Crippen molar-refractivity contribution in [3.05, 3.63) is 43.8 Å². The van der Waals surface area contributed by atoms with Gasteiger partial charge >= 0.3 is 0 Å². The highest BCUT2D eigenvalue weighted by Crippen LogP contribution is 2.43. The Balaban J connectivity index is 1.93. The zero-order valence-electron chi connectivity index (χ0n) is 11.6. The number of hydrogen-bond donors (Lipinski definition) is 1. The second-order valence-electron chi connectivity index (χ2n) is 5.32. The lowest BCUT2D eigenvalue weighted by Crippen LogP contribution is -2.28. The van der Waals surface area contributed by atoms with Crippen molar-refractivity contribution in [3.63, 3.8) is 0 Å². The van der Waals surface area contributed by atoms with Crippen LogP contribution in [0.4, 0.5) is 0 Å². The summed E-state index contributed by atoms with van der Waals surface area (Å²) < 4.78 is 0. The zero-order chi connectivity index (χ0) is 13.2. The third-order valence-corrected chi connectivity index (χ3v) is 5.91. The molecule has 2 aromatic rings. The molecule has 1 nitrogen and oxygen atoms in total. The Hall–Kier alpha value is -0.640. The lowest BCUT2D eigenvalue weighted by molar-refractivity contribution is 0.412. The van der Waals surface area contributed by atoms with Crippen molar-refractivity contribution in [2.75, 3.05) is 6.54 Å². The molecule has 2 heterocycles. The molecule has 0 saturated heterocycles. The molecule has 0 saturated carbocycles. The van der Waals surface area contributed by atoms with Gasteiger partial charge in [0.2, 0.25) is 0 Å². The van der Waals surface area contributed by atoms with E-state index in [1.165, 1.54) is 29.7 Å². The van der Waals surface area contributed by atoms with Crippen LogP contribution < -0.4 is 5.32 Å². The van der Waals surface area contributed by atoms with Gasteiger partial charge < -0.3 is 5.32 Å². The second kappa shape index (κ2) is 5.78. The lowest BCUT2D eigenvalue weighted by Gasteiger charge is -2.31. The van der Waals surface area contributed by atoms with Gasteiger partial charge in [0.15, 0.2) is 0 Å². The molecule has 102 valence electrons.